The van der Waals surface area contributed by atoms with E-state index < -0.39 is 0 Å². The normalized spacial score (nSPS) is 15.8. The Hall–Kier alpha value is -2.91. The Kier molecular flexibility index (Phi) is 6.29. The number of ether oxygens (including phenoxy) is 3. The molecule has 3 aromatic rings. The minimum atomic E-state index is 0.271. The summed E-state index contributed by atoms with van der Waals surface area (Å²) in [6, 6.07) is 7.43. The van der Waals surface area contributed by atoms with E-state index in [-0.39, 0.29) is 6.10 Å². The number of hydrogen-bond acceptors (Lipinski definition) is 9. The van der Waals surface area contributed by atoms with Crippen molar-refractivity contribution in [3.63, 3.8) is 0 Å². The predicted molar refractivity (Wildman–Crippen MR) is 118 cm³/mol. The molecule has 2 aromatic heterocycles. The number of aryl methyl sites for hydroxylation is 1. The number of methoxy groups -OCH3 is 2. The summed E-state index contributed by atoms with van der Waals surface area (Å²) < 4.78 is 16.3. The third kappa shape index (κ3) is 4.80. The lowest BCUT2D eigenvalue weighted by atomic mass is 10.2. The number of anilines is 3. The van der Waals surface area contributed by atoms with E-state index in [1.165, 1.54) is 0 Å². The maximum absolute atomic E-state index is 5.67. The van der Waals surface area contributed by atoms with Gasteiger partial charge in [-0.15, -0.1) is 0 Å². The average Bonchev–Trinajstić information content (AvgIpc) is 3.41. The molecule has 1 aliphatic rings. The highest BCUT2D eigenvalue weighted by Crippen LogP contribution is 2.33. The third-order valence-electron chi connectivity index (χ3n) is 4.80. The van der Waals surface area contributed by atoms with Crippen molar-refractivity contribution >= 4 is 28.1 Å². The quantitative estimate of drug-likeness (QED) is 0.551. The summed E-state index contributed by atoms with van der Waals surface area (Å²) in [4.78, 5) is 14.7. The second-order valence-electron chi connectivity index (χ2n) is 6.94. The van der Waals surface area contributed by atoms with Gasteiger partial charge in [-0.1, -0.05) is 11.3 Å². The third-order valence-corrected chi connectivity index (χ3v) is 5.93. The van der Waals surface area contributed by atoms with Crippen LogP contribution in [0.3, 0.4) is 0 Å². The SMILES string of the molecule is COc1cc(Nc2nccc(-c3sc(NCC4CCCO4)nc3C)n2)cc(OC)c1. The highest BCUT2D eigenvalue weighted by atomic mass is 32.1. The first-order chi connectivity index (χ1) is 14.6. The Labute approximate surface area is 179 Å². The van der Waals surface area contributed by atoms with Gasteiger partial charge in [0.15, 0.2) is 5.13 Å². The first-order valence-electron chi connectivity index (χ1n) is 9.81. The molecule has 4 rings (SSSR count). The fourth-order valence-electron chi connectivity index (χ4n) is 3.27. The Morgan fingerprint density at radius 1 is 1.17 bits per heavy atom. The Balaban J connectivity index is 1.51. The van der Waals surface area contributed by atoms with Gasteiger partial charge < -0.3 is 24.8 Å². The highest BCUT2D eigenvalue weighted by Gasteiger charge is 2.17. The van der Waals surface area contributed by atoms with Crippen molar-refractivity contribution in [1.82, 2.24) is 15.0 Å². The van der Waals surface area contributed by atoms with Crippen LogP contribution in [0.1, 0.15) is 18.5 Å². The number of hydrogen-bond donors (Lipinski definition) is 2. The zero-order chi connectivity index (χ0) is 20.9. The molecule has 1 aromatic carbocycles. The van der Waals surface area contributed by atoms with Gasteiger partial charge in [0.1, 0.15) is 11.5 Å². The van der Waals surface area contributed by atoms with Gasteiger partial charge in [0, 0.05) is 43.2 Å². The molecule has 3 heterocycles. The molecule has 1 aliphatic heterocycles. The van der Waals surface area contributed by atoms with Gasteiger partial charge in [-0.25, -0.2) is 15.0 Å². The molecule has 0 spiro atoms. The fourth-order valence-corrected chi connectivity index (χ4v) is 4.21. The van der Waals surface area contributed by atoms with Crippen LogP contribution in [0.15, 0.2) is 30.5 Å². The number of nitrogens with one attached hydrogen (secondary N) is 2. The highest BCUT2D eigenvalue weighted by molar-refractivity contribution is 7.19. The van der Waals surface area contributed by atoms with Crippen molar-refractivity contribution in [2.24, 2.45) is 0 Å². The summed E-state index contributed by atoms with van der Waals surface area (Å²) in [6.07, 6.45) is 4.23. The van der Waals surface area contributed by atoms with E-state index in [4.69, 9.17) is 14.2 Å². The van der Waals surface area contributed by atoms with Crippen LogP contribution in [-0.2, 0) is 4.74 Å². The molecule has 0 saturated carbocycles. The Morgan fingerprint density at radius 2 is 1.97 bits per heavy atom. The molecule has 30 heavy (non-hydrogen) atoms. The van der Waals surface area contributed by atoms with Gasteiger partial charge in [-0.3, -0.25) is 0 Å². The summed E-state index contributed by atoms with van der Waals surface area (Å²) in [5.74, 6) is 1.87. The standard InChI is InChI=1S/C21H25N5O3S/c1-13-19(30-21(24-13)23-12-15-5-4-8-29-15)18-6-7-22-20(26-18)25-14-9-16(27-2)11-17(10-14)28-3/h6-7,9-11,15H,4-5,8,12H2,1-3H3,(H,23,24)(H,22,25,26). The molecule has 1 fully saturated rings. The fraction of sp³-hybridized carbons (Fsp3) is 0.381. The minimum Gasteiger partial charge on any atom is -0.497 e. The zero-order valence-corrected chi connectivity index (χ0v) is 18.1. The van der Waals surface area contributed by atoms with Crippen molar-refractivity contribution < 1.29 is 14.2 Å². The molecule has 0 bridgehead atoms. The van der Waals surface area contributed by atoms with Crippen LogP contribution in [0.25, 0.3) is 10.6 Å². The average molecular weight is 428 g/mol. The van der Waals surface area contributed by atoms with Gasteiger partial charge in [0.25, 0.3) is 0 Å². The van der Waals surface area contributed by atoms with Crippen molar-refractivity contribution in [3.05, 3.63) is 36.2 Å². The van der Waals surface area contributed by atoms with Gasteiger partial charge in [0.05, 0.1) is 36.6 Å². The zero-order valence-electron chi connectivity index (χ0n) is 17.3. The Morgan fingerprint density at radius 3 is 2.67 bits per heavy atom. The lowest BCUT2D eigenvalue weighted by Crippen LogP contribution is -2.18. The molecule has 0 aliphatic carbocycles. The van der Waals surface area contributed by atoms with E-state index in [0.29, 0.717) is 17.4 Å². The number of rotatable bonds is 8. The van der Waals surface area contributed by atoms with Gasteiger partial charge in [-0.2, -0.15) is 0 Å². The molecular formula is C21H25N5O3S. The summed E-state index contributed by atoms with van der Waals surface area (Å²) in [7, 11) is 3.24. The lowest BCUT2D eigenvalue weighted by molar-refractivity contribution is 0.120. The molecular weight excluding hydrogens is 402 g/mol. The Bertz CT molecular complexity index is 982. The summed E-state index contributed by atoms with van der Waals surface area (Å²) in [5, 5.41) is 7.49. The smallest absolute Gasteiger partial charge is 0.227 e. The van der Waals surface area contributed by atoms with Crippen LogP contribution >= 0.6 is 11.3 Å². The summed E-state index contributed by atoms with van der Waals surface area (Å²) in [6.45, 7) is 3.62. The number of aromatic nitrogens is 3. The summed E-state index contributed by atoms with van der Waals surface area (Å²) in [5.41, 5.74) is 2.54. The predicted octanol–water partition coefficient (Wildman–Crippen LogP) is 4.26. The number of benzene rings is 1. The molecule has 1 atom stereocenters. The van der Waals surface area contributed by atoms with E-state index in [2.05, 4.69) is 25.6 Å². The topological polar surface area (TPSA) is 90.4 Å². The first-order valence-corrected chi connectivity index (χ1v) is 10.6. The van der Waals surface area contributed by atoms with E-state index in [1.54, 1.807) is 31.8 Å². The first kappa shape index (κ1) is 20.4. The van der Waals surface area contributed by atoms with Crippen LogP contribution in [0.4, 0.5) is 16.8 Å². The van der Waals surface area contributed by atoms with Crippen LogP contribution in [0, 0.1) is 6.92 Å². The summed E-state index contributed by atoms with van der Waals surface area (Å²) >= 11 is 1.59. The van der Waals surface area contributed by atoms with Crippen molar-refractivity contribution in [2.75, 3.05) is 38.0 Å². The van der Waals surface area contributed by atoms with Gasteiger partial charge in [0.2, 0.25) is 5.95 Å². The molecule has 2 N–H and O–H groups in total. The molecule has 1 unspecified atom stereocenters. The largest absolute Gasteiger partial charge is 0.497 e. The van der Waals surface area contributed by atoms with Crippen LogP contribution in [0.5, 0.6) is 11.5 Å². The van der Waals surface area contributed by atoms with Crippen molar-refractivity contribution in [1.29, 1.82) is 0 Å². The van der Waals surface area contributed by atoms with E-state index in [0.717, 1.165) is 53.1 Å². The van der Waals surface area contributed by atoms with Crippen LogP contribution in [-0.4, -0.2) is 48.4 Å². The van der Waals surface area contributed by atoms with E-state index >= 15 is 0 Å². The van der Waals surface area contributed by atoms with Gasteiger partial charge >= 0.3 is 0 Å². The molecule has 8 nitrogen and oxygen atoms in total. The maximum atomic E-state index is 5.67. The maximum Gasteiger partial charge on any atom is 0.227 e. The lowest BCUT2D eigenvalue weighted by Gasteiger charge is -2.10. The molecule has 0 amide bonds. The van der Waals surface area contributed by atoms with E-state index in [1.807, 2.05) is 31.2 Å². The van der Waals surface area contributed by atoms with Crippen molar-refractivity contribution in [2.45, 2.75) is 25.9 Å². The van der Waals surface area contributed by atoms with Crippen molar-refractivity contribution in [3.8, 4) is 22.1 Å². The molecule has 1 saturated heterocycles. The van der Waals surface area contributed by atoms with E-state index in [9.17, 15) is 0 Å². The molecule has 9 heteroatoms. The monoisotopic (exact) mass is 427 g/mol. The molecule has 0 radical (unpaired) electrons. The second kappa shape index (κ2) is 9.27. The van der Waals surface area contributed by atoms with Gasteiger partial charge in [-0.05, 0) is 25.8 Å². The van der Waals surface area contributed by atoms with Crippen LogP contribution in [0.2, 0.25) is 0 Å². The molecule has 158 valence electrons. The van der Waals surface area contributed by atoms with Crippen LogP contribution < -0.4 is 20.1 Å². The minimum absolute atomic E-state index is 0.271. The number of thiazole rings is 1. The number of nitrogens with zero attached hydrogens (tertiary/aromatic N) is 3. The second-order valence-corrected chi connectivity index (χ2v) is 7.94.